The van der Waals surface area contributed by atoms with Crippen LogP contribution in [0, 0.1) is 0 Å². The molecule has 0 bridgehead atoms. The summed E-state index contributed by atoms with van der Waals surface area (Å²) in [7, 11) is 0. The molecule has 0 unspecified atom stereocenters. The first-order valence-corrected chi connectivity index (χ1v) is 2.75. The standard InChI is InChI=1S/C5H7NO3.Mg.2H/c7-4-9-6-3-1-2-5(6)8;;;/h4H,1-3H2;;;/q;+2;2*-1. The number of hydroxylamine groups is 2. The van der Waals surface area contributed by atoms with Gasteiger partial charge in [-0.05, 0) is 6.42 Å². The quantitative estimate of drug-likeness (QED) is 0.401. The van der Waals surface area contributed by atoms with Crippen molar-refractivity contribution in [1.82, 2.24) is 5.06 Å². The summed E-state index contributed by atoms with van der Waals surface area (Å²) in [4.78, 5) is 24.6. The van der Waals surface area contributed by atoms with Gasteiger partial charge in [-0.25, -0.2) is 0 Å². The van der Waals surface area contributed by atoms with Gasteiger partial charge in [-0.1, -0.05) is 0 Å². The van der Waals surface area contributed by atoms with E-state index in [1.165, 1.54) is 0 Å². The minimum atomic E-state index is -0.109. The van der Waals surface area contributed by atoms with Crippen LogP contribution in [0.15, 0.2) is 0 Å². The number of rotatable bonds is 2. The molecule has 0 atom stereocenters. The Kier molecular flexibility index (Phi) is 4.38. The smallest absolute Gasteiger partial charge is 1.00 e. The third kappa shape index (κ3) is 2.15. The van der Waals surface area contributed by atoms with Crippen molar-refractivity contribution >= 4 is 35.4 Å². The molecule has 1 aliphatic heterocycles. The minimum Gasteiger partial charge on any atom is -1.00 e. The number of amides is 1. The molecule has 1 rings (SSSR count). The second-order valence-electron chi connectivity index (χ2n) is 1.80. The van der Waals surface area contributed by atoms with Gasteiger partial charge in [0.15, 0.2) is 0 Å². The van der Waals surface area contributed by atoms with E-state index in [1.807, 2.05) is 0 Å². The van der Waals surface area contributed by atoms with Gasteiger partial charge in [0.05, 0.1) is 6.54 Å². The average Bonchev–Trinajstić information content (AvgIpc) is 2.18. The first kappa shape index (κ1) is 9.71. The van der Waals surface area contributed by atoms with Crippen LogP contribution in [0.2, 0.25) is 0 Å². The minimum absolute atomic E-state index is 0. The molecule has 0 spiro atoms. The summed E-state index contributed by atoms with van der Waals surface area (Å²) >= 11 is 0. The van der Waals surface area contributed by atoms with Gasteiger partial charge in [0.2, 0.25) is 0 Å². The zero-order valence-electron chi connectivity index (χ0n) is 7.58. The van der Waals surface area contributed by atoms with Crippen molar-refractivity contribution in [3.05, 3.63) is 0 Å². The number of hydrogen-bond acceptors (Lipinski definition) is 3. The van der Waals surface area contributed by atoms with Gasteiger partial charge in [0.25, 0.3) is 5.91 Å². The molecule has 0 aliphatic carbocycles. The van der Waals surface area contributed by atoms with Gasteiger partial charge in [-0.3, -0.25) is 9.59 Å². The summed E-state index contributed by atoms with van der Waals surface area (Å²) in [6.07, 6.45) is 1.28. The maximum atomic E-state index is 10.6. The fraction of sp³-hybridized carbons (Fsp3) is 0.600. The molecule has 0 aromatic rings. The van der Waals surface area contributed by atoms with Crippen LogP contribution < -0.4 is 0 Å². The van der Waals surface area contributed by atoms with Crippen LogP contribution in [0.4, 0.5) is 0 Å². The monoisotopic (exact) mass is 155 g/mol. The molecule has 0 aromatic heterocycles. The van der Waals surface area contributed by atoms with Gasteiger partial charge >= 0.3 is 29.5 Å². The fourth-order valence-corrected chi connectivity index (χ4v) is 0.787. The van der Waals surface area contributed by atoms with Crippen LogP contribution in [-0.4, -0.2) is 47.0 Å². The summed E-state index contributed by atoms with van der Waals surface area (Å²) in [6.45, 7) is 0.806. The number of hydrogen-bond donors (Lipinski definition) is 0. The van der Waals surface area contributed by atoms with Gasteiger partial charge in [0.1, 0.15) is 0 Å². The molecule has 54 valence electrons. The van der Waals surface area contributed by atoms with E-state index in [0.29, 0.717) is 13.0 Å². The zero-order chi connectivity index (χ0) is 6.69. The zero-order valence-corrected chi connectivity index (χ0v) is 6.99. The molecule has 0 N–H and O–H groups in total. The Morgan fingerprint density at radius 2 is 2.40 bits per heavy atom. The third-order valence-electron chi connectivity index (χ3n) is 1.20. The van der Waals surface area contributed by atoms with E-state index in [1.54, 1.807) is 0 Å². The van der Waals surface area contributed by atoms with Gasteiger partial charge in [-0.15, -0.1) is 0 Å². The Hall–Kier alpha value is -0.294. The molecule has 10 heavy (non-hydrogen) atoms. The molecule has 1 amide bonds. The van der Waals surface area contributed by atoms with Crippen LogP contribution in [0.25, 0.3) is 0 Å². The first-order valence-electron chi connectivity index (χ1n) is 2.75. The Morgan fingerprint density at radius 1 is 1.70 bits per heavy atom. The maximum Gasteiger partial charge on any atom is 2.00 e. The summed E-state index contributed by atoms with van der Waals surface area (Å²) in [5.74, 6) is -0.109. The second kappa shape index (κ2) is 4.51. The molecule has 4 nitrogen and oxygen atoms in total. The van der Waals surface area contributed by atoms with E-state index in [2.05, 4.69) is 4.84 Å². The molecule has 1 fully saturated rings. The van der Waals surface area contributed by atoms with Crippen molar-refractivity contribution < 1.29 is 17.3 Å². The molecule has 1 saturated heterocycles. The van der Waals surface area contributed by atoms with Gasteiger partial charge < -0.3 is 7.69 Å². The van der Waals surface area contributed by atoms with Crippen molar-refractivity contribution in [1.29, 1.82) is 0 Å². The van der Waals surface area contributed by atoms with Crippen molar-refractivity contribution in [3.8, 4) is 0 Å². The predicted molar refractivity (Wildman–Crippen MR) is 36.1 cm³/mol. The average molecular weight is 155 g/mol. The summed E-state index contributed by atoms with van der Waals surface area (Å²) in [6, 6.07) is 0. The molecule has 5 heteroatoms. The Labute approximate surface area is 77.6 Å². The fourth-order valence-electron chi connectivity index (χ4n) is 0.787. The van der Waals surface area contributed by atoms with Gasteiger partial charge in [-0.2, -0.15) is 5.06 Å². The summed E-state index contributed by atoms with van der Waals surface area (Å²) in [5, 5.41) is 1.08. The van der Waals surface area contributed by atoms with E-state index >= 15 is 0 Å². The summed E-state index contributed by atoms with van der Waals surface area (Å²) < 4.78 is 0. The SMILES string of the molecule is O=CON1CCCC1=O.[H-].[H-].[Mg+2]. The van der Waals surface area contributed by atoms with E-state index < -0.39 is 0 Å². The number of carbonyl (C=O) groups excluding carboxylic acids is 2. The Bertz CT molecular complexity index is 147. The van der Waals surface area contributed by atoms with Crippen LogP contribution in [-0.2, 0) is 14.4 Å². The normalized spacial score (nSPS) is 16.4. The van der Waals surface area contributed by atoms with E-state index in [0.717, 1.165) is 11.5 Å². The summed E-state index contributed by atoms with van der Waals surface area (Å²) in [5.41, 5.74) is 0. The van der Waals surface area contributed by atoms with Crippen LogP contribution in [0.3, 0.4) is 0 Å². The molecular formula is C5H9MgNO3. The Morgan fingerprint density at radius 3 is 2.80 bits per heavy atom. The van der Waals surface area contributed by atoms with E-state index in [-0.39, 0.29) is 38.3 Å². The van der Waals surface area contributed by atoms with Crippen molar-refractivity contribution in [2.45, 2.75) is 12.8 Å². The van der Waals surface area contributed by atoms with Crippen molar-refractivity contribution in [2.75, 3.05) is 6.54 Å². The van der Waals surface area contributed by atoms with Crippen LogP contribution in [0.1, 0.15) is 15.7 Å². The maximum absolute atomic E-state index is 10.6. The van der Waals surface area contributed by atoms with Gasteiger partial charge in [0, 0.05) is 6.42 Å². The van der Waals surface area contributed by atoms with E-state index in [9.17, 15) is 9.59 Å². The van der Waals surface area contributed by atoms with Crippen LogP contribution in [0.5, 0.6) is 0 Å². The molecule has 0 radical (unpaired) electrons. The molecule has 0 aromatic carbocycles. The largest absolute Gasteiger partial charge is 2.00 e. The molecule has 1 heterocycles. The second-order valence-corrected chi connectivity index (χ2v) is 1.80. The topological polar surface area (TPSA) is 46.6 Å². The third-order valence-corrected chi connectivity index (χ3v) is 1.20. The molecular weight excluding hydrogens is 146 g/mol. The number of carbonyl (C=O) groups is 2. The van der Waals surface area contributed by atoms with E-state index in [4.69, 9.17) is 0 Å². The molecule has 0 saturated carbocycles. The van der Waals surface area contributed by atoms with Crippen molar-refractivity contribution in [3.63, 3.8) is 0 Å². The predicted octanol–water partition coefficient (Wildman–Crippen LogP) is -0.459. The number of nitrogens with zero attached hydrogens (tertiary/aromatic N) is 1. The molecule has 1 aliphatic rings. The van der Waals surface area contributed by atoms with Crippen molar-refractivity contribution in [2.24, 2.45) is 0 Å². The Balaban J connectivity index is -0.000000270. The first-order chi connectivity index (χ1) is 4.34. The van der Waals surface area contributed by atoms with Crippen LogP contribution >= 0.6 is 0 Å².